The van der Waals surface area contributed by atoms with Crippen LogP contribution in [0.5, 0.6) is 11.5 Å². The van der Waals surface area contributed by atoms with Gasteiger partial charge in [0.2, 0.25) is 0 Å². The summed E-state index contributed by atoms with van der Waals surface area (Å²) in [4.78, 5) is 15.2. The molecule has 36 heavy (non-hydrogen) atoms. The molecule has 1 aromatic heterocycles. The molecule has 2 aliphatic rings. The second-order valence-corrected chi connectivity index (χ2v) is 12.0. The second kappa shape index (κ2) is 9.78. The van der Waals surface area contributed by atoms with Gasteiger partial charge < -0.3 is 14.7 Å². The Morgan fingerprint density at radius 3 is 2.67 bits per heavy atom. The number of hydrogen-bond donors (Lipinski definition) is 2. The highest BCUT2D eigenvalue weighted by atomic mass is 35.5. The van der Waals surface area contributed by atoms with Gasteiger partial charge in [-0.25, -0.2) is 8.42 Å². The maximum atomic E-state index is 13.6. The predicted molar refractivity (Wildman–Crippen MR) is 137 cm³/mol. The Morgan fingerprint density at radius 1 is 1.19 bits per heavy atom. The largest absolute Gasteiger partial charge is 0.507 e. The number of phenolic OH excluding ortho intramolecular Hbond substituents is 1. The molecular formula is C26H28ClN3O5S. The van der Waals surface area contributed by atoms with Crippen molar-refractivity contribution in [3.63, 3.8) is 0 Å². The number of amides is 1. The van der Waals surface area contributed by atoms with Crippen LogP contribution in [0.2, 0.25) is 5.02 Å². The summed E-state index contributed by atoms with van der Waals surface area (Å²) < 4.78 is 30.4. The topological polar surface area (TPSA) is 113 Å². The highest BCUT2D eigenvalue weighted by Gasteiger charge is 2.48. The number of ether oxygens (including phenoxy) is 1. The second-order valence-electron chi connectivity index (χ2n) is 9.32. The Balaban J connectivity index is 1.56. The third kappa shape index (κ3) is 4.57. The molecule has 190 valence electrons. The summed E-state index contributed by atoms with van der Waals surface area (Å²) in [5.74, 6) is 0.375. The van der Waals surface area contributed by atoms with E-state index >= 15 is 0 Å². The highest BCUT2D eigenvalue weighted by Crippen LogP contribution is 2.47. The highest BCUT2D eigenvalue weighted by molar-refractivity contribution is 7.91. The molecule has 10 heteroatoms. The van der Waals surface area contributed by atoms with Gasteiger partial charge in [-0.3, -0.25) is 9.89 Å². The van der Waals surface area contributed by atoms with Gasteiger partial charge in [0.15, 0.2) is 9.84 Å². The van der Waals surface area contributed by atoms with Gasteiger partial charge in [0.05, 0.1) is 24.2 Å². The van der Waals surface area contributed by atoms with Crippen LogP contribution in [-0.2, 0) is 9.84 Å². The number of carbonyl (C=O) groups is 1. The normalized spacial score (nSPS) is 20.6. The number of rotatable bonds is 8. The molecule has 2 unspecified atom stereocenters. The molecule has 1 fully saturated rings. The number of aromatic nitrogens is 2. The number of H-pyrrole nitrogens is 1. The number of carbonyl (C=O) groups excluding carboxylic acids is 1. The van der Waals surface area contributed by atoms with Gasteiger partial charge in [0.1, 0.15) is 22.9 Å². The van der Waals surface area contributed by atoms with Crippen molar-refractivity contribution in [1.29, 1.82) is 0 Å². The van der Waals surface area contributed by atoms with Crippen LogP contribution in [0, 0.1) is 0 Å². The van der Waals surface area contributed by atoms with Gasteiger partial charge in [0.25, 0.3) is 5.91 Å². The lowest BCUT2D eigenvalue weighted by Crippen LogP contribution is -2.40. The number of nitrogens with zero attached hydrogens (tertiary/aromatic N) is 2. The number of phenols is 1. The Labute approximate surface area is 215 Å². The van der Waals surface area contributed by atoms with Crippen molar-refractivity contribution >= 4 is 27.3 Å². The maximum absolute atomic E-state index is 13.6. The molecule has 5 rings (SSSR count). The van der Waals surface area contributed by atoms with Crippen molar-refractivity contribution in [1.82, 2.24) is 15.1 Å². The fourth-order valence-corrected chi connectivity index (χ4v) is 6.94. The minimum atomic E-state index is -3.23. The zero-order chi connectivity index (χ0) is 25.4. The van der Waals surface area contributed by atoms with Crippen molar-refractivity contribution in [2.45, 2.75) is 44.7 Å². The van der Waals surface area contributed by atoms with Gasteiger partial charge in [-0.1, -0.05) is 43.5 Å². The number of sulfone groups is 1. The van der Waals surface area contributed by atoms with E-state index in [-0.39, 0.29) is 23.2 Å². The summed E-state index contributed by atoms with van der Waals surface area (Å²) in [6.07, 6.45) is 3.56. The molecule has 2 atom stereocenters. The Hall–Kier alpha value is -3.04. The van der Waals surface area contributed by atoms with E-state index in [0.29, 0.717) is 40.6 Å². The van der Waals surface area contributed by atoms with Crippen molar-refractivity contribution in [2.75, 3.05) is 18.1 Å². The quantitative estimate of drug-likeness (QED) is 0.408. The van der Waals surface area contributed by atoms with Crippen LogP contribution >= 0.6 is 11.6 Å². The summed E-state index contributed by atoms with van der Waals surface area (Å²) in [6, 6.07) is 11.1. The minimum Gasteiger partial charge on any atom is -0.507 e. The van der Waals surface area contributed by atoms with E-state index in [1.54, 1.807) is 17.0 Å². The predicted octanol–water partition coefficient (Wildman–Crippen LogP) is 4.74. The lowest BCUT2D eigenvalue weighted by Gasteiger charge is -2.31. The lowest BCUT2D eigenvalue weighted by atomic mass is 9.95. The molecule has 0 bridgehead atoms. The number of unbranched alkanes of at least 4 members (excludes halogenated alkanes) is 2. The molecule has 3 aromatic rings. The molecule has 1 saturated heterocycles. The van der Waals surface area contributed by atoms with Crippen molar-refractivity contribution in [3.8, 4) is 22.8 Å². The van der Waals surface area contributed by atoms with Gasteiger partial charge in [0, 0.05) is 22.2 Å². The monoisotopic (exact) mass is 529 g/mol. The average Bonchev–Trinajstić information content (AvgIpc) is 3.52. The van der Waals surface area contributed by atoms with Crippen molar-refractivity contribution in [3.05, 3.63) is 64.3 Å². The van der Waals surface area contributed by atoms with Crippen LogP contribution in [0.15, 0.2) is 42.5 Å². The van der Waals surface area contributed by atoms with E-state index in [1.807, 2.05) is 24.3 Å². The molecule has 2 aliphatic heterocycles. The number of aromatic amines is 1. The number of nitrogens with one attached hydrogen (secondary N) is 1. The Kier molecular flexibility index (Phi) is 6.70. The first-order valence-corrected chi connectivity index (χ1v) is 14.3. The van der Waals surface area contributed by atoms with E-state index in [0.717, 1.165) is 30.6 Å². The zero-order valence-electron chi connectivity index (χ0n) is 19.9. The van der Waals surface area contributed by atoms with Gasteiger partial charge in [-0.2, -0.15) is 5.10 Å². The van der Waals surface area contributed by atoms with Crippen LogP contribution in [-0.4, -0.2) is 58.7 Å². The molecule has 2 N–H and O–H groups in total. The van der Waals surface area contributed by atoms with E-state index < -0.39 is 21.9 Å². The first-order valence-electron chi connectivity index (χ1n) is 12.1. The molecule has 3 heterocycles. The summed E-state index contributed by atoms with van der Waals surface area (Å²) in [6.45, 7) is 2.77. The van der Waals surface area contributed by atoms with E-state index in [4.69, 9.17) is 16.3 Å². The number of halogens is 1. The van der Waals surface area contributed by atoms with Crippen molar-refractivity contribution < 1.29 is 23.1 Å². The van der Waals surface area contributed by atoms with Crippen LogP contribution in [0.1, 0.15) is 60.3 Å². The summed E-state index contributed by atoms with van der Waals surface area (Å²) >= 11 is 6.20. The number of benzene rings is 2. The van der Waals surface area contributed by atoms with Crippen molar-refractivity contribution in [2.24, 2.45) is 0 Å². The van der Waals surface area contributed by atoms with E-state index in [2.05, 4.69) is 17.1 Å². The third-order valence-corrected chi connectivity index (χ3v) is 8.82. The fraction of sp³-hybridized carbons (Fsp3) is 0.385. The molecule has 0 aliphatic carbocycles. The molecule has 8 nitrogen and oxygen atoms in total. The minimum absolute atomic E-state index is 0.0161. The van der Waals surface area contributed by atoms with Crippen LogP contribution in [0.4, 0.5) is 0 Å². The summed E-state index contributed by atoms with van der Waals surface area (Å²) in [5.41, 5.74) is 2.50. The maximum Gasteiger partial charge on any atom is 0.273 e. The summed E-state index contributed by atoms with van der Waals surface area (Å²) in [5, 5.41) is 18.2. The fourth-order valence-electron chi connectivity index (χ4n) is 5.06. The molecule has 2 aromatic carbocycles. The van der Waals surface area contributed by atoms with Crippen LogP contribution in [0.25, 0.3) is 11.3 Å². The third-order valence-electron chi connectivity index (χ3n) is 6.83. The van der Waals surface area contributed by atoms with Crippen LogP contribution < -0.4 is 4.74 Å². The van der Waals surface area contributed by atoms with Crippen LogP contribution in [0.3, 0.4) is 0 Å². The number of aromatic hydroxyl groups is 1. The molecule has 0 saturated carbocycles. The smallest absolute Gasteiger partial charge is 0.273 e. The summed E-state index contributed by atoms with van der Waals surface area (Å²) in [7, 11) is -3.23. The molecule has 0 spiro atoms. The number of hydrogen-bond acceptors (Lipinski definition) is 6. The Morgan fingerprint density at radius 2 is 1.97 bits per heavy atom. The first-order chi connectivity index (χ1) is 17.3. The van der Waals surface area contributed by atoms with E-state index in [1.165, 1.54) is 6.07 Å². The molecule has 0 radical (unpaired) electrons. The van der Waals surface area contributed by atoms with Gasteiger partial charge >= 0.3 is 0 Å². The SMILES string of the molecule is CCCCCOc1ccc(C2c3c(-c4cc(Cl)ccc4O)n[nH]c3C(=O)N2C2CCS(=O)(=O)C2)cc1. The lowest BCUT2D eigenvalue weighted by molar-refractivity contribution is 0.0677. The first kappa shape index (κ1) is 24.6. The molecular weight excluding hydrogens is 502 g/mol. The standard InChI is InChI=1S/C26H28ClN3O5S/c1-2-3-4-12-35-19-8-5-16(6-9-19)25-22-23(20-14-17(27)7-10-21(20)31)28-29-24(22)26(32)30(25)18-11-13-36(33,34)15-18/h5-10,14,18,25,31H,2-4,11-13,15H2,1H3,(H,28,29). The van der Waals surface area contributed by atoms with E-state index in [9.17, 15) is 18.3 Å². The van der Waals surface area contributed by atoms with Gasteiger partial charge in [-0.05, 0) is 48.7 Å². The number of fused-ring (bicyclic) bond motifs is 1. The Bertz CT molecular complexity index is 1390. The average molecular weight is 530 g/mol. The van der Waals surface area contributed by atoms with Gasteiger partial charge in [-0.15, -0.1) is 0 Å². The molecule has 1 amide bonds. The zero-order valence-corrected chi connectivity index (χ0v) is 21.5.